The van der Waals surface area contributed by atoms with Gasteiger partial charge in [0.15, 0.2) is 23.0 Å². The van der Waals surface area contributed by atoms with Crippen LogP contribution >= 0.6 is 0 Å². The summed E-state index contributed by atoms with van der Waals surface area (Å²) in [6.07, 6.45) is 3.94. The zero-order chi connectivity index (χ0) is 25.4. The Morgan fingerprint density at radius 1 is 1.09 bits per heavy atom. The van der Waals surface area contributed by atoms with Crippen molar-refractivity contribution in [3.05, 3.63) is 77.1 Å². The van der Waals surface area contributed by atoms with Crippen LogP contribution in [-0.2, 0) is 9.59 Å². The number of ketones is 1. The zero-order valence-corrected chi connectivity index (χ0v) is 20.9. The van der Waals surface area contributed by atoms with E-state index in [0.29, 0.717) is 43.4 Å². The van der Waals surface area contributed by atoms with Gasteiger partial charge in [0.05, 0.1) is 24.8 Å². The van der Waals surface area contributed by atoms with Crippen LogP contribution in [0.4, 0.5) is 0 Å². The molecule has 0 saturated carbocycles. The molecule has 35 heavy (non-hydrogen) atoms. The zero-order valence-electron chi connectivity index (χ0n) is 20.9. The number of allylic oxidation sites excluding steroid dienone is 1. The van der Waals surface area contributed by atoms with Crippen molar-refractivity contribution < 1.29 is 24.2 Å². The largest absolute Gasteiger partial charge is 0.503 e. The fourth-order valence-electron chi connectivity index (χ4n) is 3.91. The highest BCUT2D eigenvalue weighted by Gasteiger charge is 2.43. The normalized spacial score (nSPS) is 16.0. The Balaban J connectivity index is 2.02. The monoisotopic (exact) mass is 478 g/mol. The number of benzene rings is 2. The van der Waals surface area contributed by atoms with E-state index < -0.39 is 23.5 Å². The molecule has 186 valence electrons. The Kier molecular flexibility index (Phi) is 9.09. The predicted octanol–water partition coefficient (Wildman–Crippen LogP) is 4.41. The number of carbonyl (C=O) groups is 2. The third-order valence-corrected chi connectivity index (χ3v) is 5.63. The van der Waals surface area contributed by atoms with Gasteiger partial charge in [-0.05, 0) is 56.8 Å². The Hall–Kier alpha value is -3.58. The molecule has 1 aliphatic heterocycles. The van der Waals surface area contributed by atoms with Crippen LogP contribution < -0.4 is 9.47 Å². The number of nitrogens with zero attached hydrogens (tertiary/aromatic N) is 2. The Labute approximate surface area is 207 Å². The first-order valence-electron chi connectivity index (χ1n) is 11.9. The molecule has 1 amide bonds. The van der Waals surface area contributed by atoms with E-state index in [9.17, 15) is 14.7 Å². The molecule has 1 unspecified atom stereocenters. The molecule has 0 aliphatic carbocycles. The maximum atomic E-state index is 13.3. The van der Waals surface area contributed by atoms with Gasteiger partial charge in [-0.1, -0.05) is 49.4 Å². The summed E-state index contributed by atoms with van der Waals surface area (Å²) in [5.74, 6) is -0.345. The molecule has 0 spiro atoms. The first-order valence-corrected chi connectivity index (χ1v) is 11.9. The summed E-state index contributed by atoms with van der Waals surface area (Å²) in [4.78, 5) is 29.9. The topological polar surface area (TPSA) is 79.3 Å². The number of ether oxygens (including phenoxy) is 2. The van der Waals surface area contributed by atoms with E-state index in [4.69, 9.17) is 9.47 Å². The third-order valence-electron chi connectivity index (χ3n) is 5.63. The van der Waals surface area contributed by atoms with Crippen LogP contribution in [0, 0.1) is 0 Å². The highest BCUT2D eigenvalue weighted by Crippen LogP contribution is 2.41. The third kappa shape index (κ3) is 6.31. The lowest BCUT2D eigenvalue weighted by atomic mass is 9.95. The number of aliphatic hydroxyl groups excluding tert-OH is 1. The summed E-state index contributed by atoms with van der Waals surface area (Å²) in [5, 5.41) is 10.8. The number of likely N-dealkylation sites (N-methyl/N-ethyl adjacent to an activating group) is 1. The molecule has 7 nitrogen and oxygen atoms in total. The number of rotatable bonds is 12. The summed E-state index contributed by atoms with van der Waals surface area (Å²) in [6, 6.07) is 14.1. The van der Waals surface area contributed by atoms with Crippen molar-refractivity contribution in [2.75, 3.05) is 40.4 Å². The van der Waals surface area contributed by atoms with E-state index in [1.807, 2.05) is 69.2 Å². The van der Waals surface area contributed by atoms with Gasteiger partial charge in [0.25, 0.3) is 5.91 Å². The van der Waals surface area contributed by atoms with E-state index in [0.717, 1.165) is 12.0 Å². The van der Waals surface area contributed by atoms with Crippen molar-refractivity contribution in [3.63, 3.8) is 0 Å². The second kappa shape index (κ2) is 12.2. The summed E-state index contributed by atoms with van der Waals surface area (Å²) >= 11 is 0. The van der Waals surface area contributed by atoms with E-state index in [1.54, 1.807) is 18.2 Å². The van der Waals surface area contributed by atoms with Crippen molar-refractivity contribution in [3.8, 4) is 11.5 Å². The number of amides is 1. The lowest BCUT2D eigenvalue weighted by Crippen LogP contribution is -2.36. The van der Waals surface area contributed by atoms with Gasteiger partial charge in [-0.3, -0.25) is 9.59 Å². The molecule has 0 radical (unpaired) electrons. The van der Waals surface area contributed by atoms with Gasteiger partial charge in [0.2, 0.25) is 0 Å². The molecule has 0 saturated heterocycles. The quantitative estimate of drug-likeness (QED) is 0.455. The van der Waals surface area contributed by atoms with Crippen molar-refractivity contribution in [1.29, 1.82) is 0 Å². The SMILES string of the molecule is CCCOc1ccc(C2C(C(=O)/C=C/c3ccccc3)=C(O)C(=O)N2CCN(C)C)cc1OCC. The number of hydrogen-bond donors (Lipinski definition) is 1. The van der Waals surface area contributed by atoms with E-state index in [2.05, 4.69) is 0 Å². The lowest BCUT2D eigenvalue weighted by Gasteiger charge is -2.28. The molecule has 1 atom stereocenters. The lowest BCUT2D eigenvalue weighted by molar-refractivity contribution is -0.129. The van der Waals surface area contributed by atoms with E-state index >= 15 is 0 Å². The van der Waals surface area contributed by atoms with Crippen LogP contribution in [0.15, 0.2) is 65.9 Å². The van der Waals surface area contributed by atoms with Gasteiger partial charge >= 0.3 is 0 Å². The first kappa shape index (κ1) is 26.0. The summed E-state index contributed by atoms with van der Waals surface area (Å²) in [7, 11) is 3.81. The second-order valence-electron chi connectivity index (χ2n) is 8.56. The summed E-state index contributed by atoms with van der Waals surface area (Å²) < 4.78 is 11.6. The van der Waals surface area contributed by atoms with E-state index in [-0.39, 0.29) is 5.57 Å². The fraction of sp³-hybridized carbons (Fsp3) is 0.357. The van der Waals surface area contributed by atoms with Crippen molar-refractivity contribution in [1.82, 2.24) is 9.80 Å². The van der Waals surface area contributed by atoms with E-state index in [1.165, 1.54) is 11.0 Å². The standard InChI is InChI=1S/C28H34N2O5/c1-5-18-35-23-15-13-21(19-24(23)34-6-2)26-25(22(31)14-12-20-10-8-7-9-11-20)27(32)28(33)30(26)17-16-29(3)4/h7-15,19,26,32H,5-6,16-18H2,1-4H3/b14-12+. The van der Waals surface area contributed by atoms with Crippen molar-refractivity contribution in [2.24, 2.45) is 0 Å². The molecule has 1 heterocycles. The van der Waals surface area contributed by atoms with Gasteiger partial charge in [-0.15, -0.1) is 0 Å². The van der Waals surface area contributed by atoms with Crippen molar-refractivity contribution >= 4 is 17.8 Å². The minimum atomic E-state index is -0.741. The fourth-order valence-corrected chi connectivity index (χ4v) is 3.91. The minimum Gasteiger partial charge on any atom is -0.503 e. The second-order valence-corrected chi connectivity index (χ2v) is 8.56. The average Bonchev–Trinajstić information content (AvgIpc) is 3.11. The Morgan fingerprint density at radius 2 is 1.83 bits per heavy atom. The Morgan fingerprint density at radius 3 is 2.49 bits per heavy atom. The summed E-state index contributed by atoms with van der Waals surface area (Å²) in [5.41, 5.74) is 1.58. The van der Waals surface area contributed by atoms with Crippen LogP contribution in [-0.4, -0.2) is 67.0 Å². The van der Waals surface area contributed by atoms with Crippen LogP contribution in [0.25, 0.3) is 6.08 Å². The molecule has 7 heteroatoms. The number of carbonyl (C=O) groups excluding carboxylic acids is 2. The highest BCUT2D eigenvalue weighted by molar-refractivity contribution is 6.14. The van der Waals surface area contributed by atoms with Crippen LogP contribution in [0.3, 0.4) is 0 Å². The molecule has 0 bridgehead atoms. The highest BCUT2D eigenvalue weighted by atomic mass is 16.5. The molecular weight excluding hydrogens is 444 g/mol. The molecular formula is C28H34N2O5. The van der Waals surface area contributed by atoms with Crippen LogP contribution in [0.2, 0.25) is 0 Å². The molecule has 2 aromatic rings. The molecule has 0 fully saturated rings. The van der Waals surface area contributed by atoms with Gasteiger partial charge < -0.3 is 24.4 Å². The van der Waals surface area contributed by atoms with Gasteiger partial charge in [-0.2, -0.15) is 0 Å². The first-order chi connectivity index (χ1) is 16.9. The number of aliphatic hydroxyl groups is 1. The molecule has 0 aromatic heterocycles. The maximum Gasteiger partial charge on any atom is 0.290 e. The smallest absolute Gasteiger partial charge is 0.290 e. The maximum absolute atomic E-state index is 13.3. The summed E-state index contributed by atoms with van der Waals surface area (Å²) in [6.45, 7) is 5.81. The molecule has 2 aromatic carbocycles. The van der Waals surface area contributed by atoms with Gasteiger partial charge in [0.1, 0.15) is 0 Å². The average molecular weight is 479 g/mol. The van der Waals surface area contributed by atoms with Gasteiger partial charge in [-0.25, -0.2) is 0 Å². The molecule has 1 aliphatic rings. The van der Waals surface area contributed by atoms with Crippen LogP contribution in [0.1, 0.15) is 37.4 Å². The number of hydrogen-bond acceptors (Lipinski definition) is 6. The minimum absolute atomic E-state index is 0.0608. The predicted molar refractivity (Wildman–Crippen MR) is 137 cm³/mol. The van der Waals surface area contributed by atoms with Crippen molar-refractivity contribution in [2.45, 2.75) is 26.3 Å². The van der Waals surface area contributed by atoms with Gasteiger partial charge in [0, 0.05) is 13.1 Å². The Bertz CT molecular complexity index is 1090. The molecule has 3 rings (SSSR count). The molecule has 1 N–H and O–H groups in total. The van der Waals surface area contributed by atoms with Crippen LogP contribution in [0.5, 0.6) is 11.5 Å².